The highest BCUT2D eigenvalue weighted by molar-refractivity contribution is 6.03. The summed E-state index contributed by atoms with van der Waals surface area (Å²) >= 11 is 0. The number of ether oxygens (including phenoxy) is 1. The van der Waals surface area contributed by atoms with Crippen LogP contribution in [0.4, 0.5) is 15.8 Å². The predicted molar refractivity (Wildman–Crippen MR) is 108 cm³/mol. The van der Waals surface area contributed by atoms with Gasteiger partial charge in [-0.1, -0.05) is 6.07 Å². The van der Waals surface area contributed by atoms with E-state index in [0.717, 1.165) is 17.0 Å². The predicted octanol–water partition coefficient (Wildman–Crippen LogP) is 3.85. The Hall–Kier alpha value is -3.48. The number of methoxy groups -OCH3 is 1. The number of aromatic nitrogens is 2. The zero-order valence-corrected chi connectivity index (χ0v) is 16.5. The normalized spacial score (nSPS) is 12.8. The Morgan fingerprint density at radius 3 is 2.79 bits per heavy atom. The van der Waals surface area contributed by atoms with Crippen LogP contribution in [0.1, 0.15) is 33.0 Å². The molecule has 1 aromatic carbocycles. The first kappa shape index (κ1) is 18.9. The molecule has 1 amide bonds. The lowest BCUT2D eigenvalue weighted by Gasteiger charge is -2.15. The van der Waals surface area contributed by atoms with E-state index in [1.165, 1.54) is 13.2 Å². The van der Waals surface area contributed by atoms with Crippen LogP contribution in [0.2, 0.25) is 0 Å². The van der Waals surface area contributed by atoms with Crippen molar-refractivity contribution in [1.29, 1.82) is 0 Å². The fraction of sp³-hybridized carbons (Fsp3) is 0.227. The Balaban J connectivity index is 1.77. The average Bonchev–Trinajstić information content (AvgIpc) is 2.96. The van der Waals surface area contributed by atoms with Crippen LogP contribution >= 0.6 is 0 Å². The van der Waals surface area contributed by atoms with Gasteiger partial charge in [-0.2, -0.15) is 0 Å². The Bertz CT molecular complexity index is 1100. The van der Waals surface area contributed by atoms with Crippen molar-refractivity contribution in [3.05, 3.63) is 76.6 Å². The summed E-state index contributed by atoms with van der Waals surface area (Å²) in [5.41, 5.74) is 5.01. The van der Waals surface area contributed by atoms with Gasteiger partial charge in [0.2, 0.25) is 0 Å². The summed E-state index contributed by atoms with van der Waals surface area (Å²) in [5, 5.41) is 3.18. The first-order valence-corrected chi connectivity index (χ1v) is 9.25. The molecule has 4 rings (SSSR count). The number of rotatable bonds is 5. The molecule has 0 saturated heterocycles. The van der Waals surface area contributed by atoms with Crippen molar-refractivity contribution in [3.8, 4) is 5.75 Å². The van der Waals surface area contributed by atoms with Crippen LogP contribution in [0.3, 0.4) is 0 Å². The minimum Gasteiger partial charge on any atom is -0.492 e. The fourth-order valence-corrected chi connectivity index (χ4v) is 3.53. The summed E-state index contributed by atoms with van der Waals surface area (Å²) in [5.74, 6) is -0.500. The maximum Gasteiger partial charge on any atom is 0.257 e. The third kappa shape index (κ3) is 3.63. The van der Waals surface area contributed by atoms with Gasteiger partial charge in [0, 0.05) is 31.1 Å². The van der Waals surface area contributed by atoms with Crippen molar-refractivity contribution in [2.45, 2.75) is 19.9 Å². The number of hydrogen-bond acceptors (Lipinski definition) is 5. The number of fused-ring (bicyclic) bond motifs is 1. The van der Waals surface area contributed by atoms with Gasteiger partial charge in [-0.3, -0.25) is 14.8 Å². The molecule has 3 heterocycles. The Morgan fingerprint density at radius 1 is 1.21 bits per heavy atom. The number of amides is 1. The molecule has 6 nitrogen and oxygen atoms in total. The Kier molecular flexibility index (Phi) is 4.88. The van der Waals surface area contributed by atoms with Crippen LogP contribution < -0.4 is 10.1 Å². The van der Waals surface area contributed by atoms with Gasteiger partial charge in [-0.25, -0.2) is 4.39 Å². The topological polar surface area (TPSA) is 67.3 Å². The number of hydrogen-bond donors (Lipinski definition) is 1. The SMILES string of the molecule is COc1c(F)cccc1Nc1cc(Cc2cc(C)ccn2)nc2c1C(=O)N(C)C2. The zero-order valence-electron chi connectivity index (χ0n) is 16.5. The van der Waals surface area contributed by atoms with Crippen molar-refractivity contribution in [2.24, 2.45) is 0 Å². The number of halogens is 1. The van der Waals surface area contributed by atoms with Crippen molar-refractivity contribution in [2.75, 3.05) is 19.5 Å². The molecule has 0 fully saturated rings. The van der Waals surface area contributed by atoms with E-state index < -0.39 is 5.82 Å². The van der Waals surface area contributed by atoms with E-state index in [1.807, 2.05) is 25.1 Å². The van der Waals surface area contributed by atoms with Gasteiger partial charge >= 0.3 is 0 Å². The monoisotopic (exact) mass is 392 g/mol. The van der Waals surface area contributed by atoms with Gasteiger partial charge in [-0.05, 0) is 42.8 Å². The van der Waals surface area contributed by atoms with E-state index >= 15 is 0 Å². The second-order valence-corrected chi connectivity index (χ2v) is 7.09. The molecular weight excluding hydrogens is 371 g/mol. The summed E-state index contributed by atoms with van der Waals surface area (Å²) < 4.78 is 19.3. The number of anilines is 2. The first-order valence-electron chi connectivity index (χ1n) is 9.25. The van der Waals surface area contributed by atoms with Crippen molar-refractivity contribution in [1.82, 2.24) is 14.9 Å². The molecule has 0 atom stereocenters. The standard InChI is InChI=1S/C22H21FN4O2/c1-13-7-8-24-14(9-13)10-15-11-18(20-19(25-15)12-27(2)22(20)28)26-17-6-4-5-16(23)21(17)29-3/h4-9,11H,10,12H2,1-3H3,(H,25,26). The largest absolute Gasteiger partial charge is 0.492 e. The van der Waals surface area contributed by atoms with E-state index in [4.69, 9.17) is 9.72 Å². The molecule has 0 bridgehead atoms. The smallest absolute Gasteiger partial charge is 0.257 e. The van der Waals surface area contributed by atoms with E-state index in [9.17, 15) is 9.18 Å². The van der Waals surface area contributed by atoms with Crippen molar-refractivity contribution >= 4 is 17.3 Å². The van der Waals surface area contributed by atoms with Gasteiger partial charge in [0.05, 0.1) is 36.3 Å². The molecule has 0 saturated carbocycles. The summed E-state index contributed by atoms with van der Waals surface area (Å²) in [6.07, 6.45) is 2.30. The molecule has 3 aromatic rings. The fourth-order valence-electron chi connectivity index (χ4n) is 3.53. The highest BCUT2D eigenvalue weighted by Gasteiger charge is 2.30. The van der Waals surface area contributed by atoms with Crippen molar-refractivity contribution in [3.63, 3.8) is 0 Å². The number of nitrogens with zero attached hydrogens (tertiary/aromatic N) is 3. The summed E-state index contributed by atoms with van der Waals surface area (Å²) in [7, 11) is 3.15. The average molecular weight is 392 g/mol. The quantitative estimate of drug-likeness (QED) is 0.714. The number of carbonyl (C=O) groups is 1. The third-order valence-corrected chi connectivity index (χ3v) is 4.87. The molecule has 29 heavy (non-hydrogen) atoms. The molecule has 0 unspecified atom stereocenters. The van der Waals surface area contributed by atoms with E-state index in [1.54, 1.807) is 30.3 Å². The second kappa shape index (κ2) is 7.50. The van der Waals surface area contributed by atoms with Crippen LogP contribution in [0.5, 0.6) is 5.75 Å². The molecule has 2 aromatic heterocycles. The van der Waals surface area contributed by atoms with Gasteiger partial charge in [0.1, 0.15) is 0 Å². The lowest BCUT2D eigenvalue weighted by Crippen LogP contribution is -2.18. The molecule has 0 radical (unpaired) electrons. The maximum atomic E-state index is 14.1. The molecule has 1 N–H and O–H groups in total. The van der Waals surface area contributed by atoms with Crippen molar-refractivity contribution < 1.29 is 13.9 Å². The Labute approximate surface area is 168 Å². The van der Waals surface area contributed by atoms with Crippen LogP contribution in [-0.2, 0) is 13.0 Å². The number of nitrogens with one attached hydrogen (secondary N) is 1. The van der Waals surface area contributed by atoms with E-state index in [0.29, 0.717) is 35.6 Å². The number of benzene rings is 1. The molecule has 7 heteroatoms. The van der Waals surface area contributed by atoms with E-state index in [-0.39, 0.29) is 11.7 Å². The molecule has 148 valence electrons. The molecule has 0 spiro atoms. The molecule has 1 aliphatic heterocycles. The maximum absolute atomic E-state index is 14.1. The van der Waals surface area contributed by atoms with Gasteiger partial charge in [-0.15, -0.1) is 0 Å². The van der Waals surface area contributed by atoms with Crippen LogP contribution in [0.15, 0.2) is 42.6 Å². The van der Waals surface area contributed by atoms with Crippen LogP contribution in [0.25, 0.3) is 0 Å². The number of aryl methyl sites for hydroxylation is 1. The number of pyridine rings is 2. The minimum absolute atomic E-state index is 0.0961. The lowest BCUT2D eigenvalue weighted by molar-refractivity contribution is 0.0817. The zero-order chi connectivity index (χ0) is 20.5. The highest BCUT2D eigenvalue weighted by atomic mass is 19.1. The van der Waals surface area contributed by atoms with Gasteiger partial charge < -0.3 is 15.0 Å². The third-order valence-electron chi connectivity index (χ3n) is 4.87. The van der Waals surface area contributed by atoms with E-state index in [2.05, 4.69) is 10.3 Å². The molecule has 0 aliphatic carbocycles. The summed E-state index contributed by atoms with van der Waals surface area (Å²) in [6.45, 7) is 2.44. The van der Waals surface area contributed by atoms with Gasteiger partial charge in [0.25, 0.3) is 5.91 Å². The first-order chi connectivity index (χ1) is 14.0. The summed E-state index contributed by atoms with van der Waals surface area (Å²) in [4.78, 5) is 23.4. The number of para-hydroxylation sites is 1. The molecular formula is C22H21FN4O2. The second-order valence-electron chi connectivity index (χ2n) is 7.09. The lowest BCUT2D eigenvalue weighted by atomic mass is 10.1. The molecule has 1 aliphatic rings. The van der Waals surface area contributed by atoms with Gasteiger partial charge in [0.15, 0.2) is 11.6 Å². The minimum atomic E-state index is -0.476. The Morgan fingerprint density at radius 2 is 2.03 bits per heavy atom. The van der Waals surface area contributed by atoms with Crippen LogP contribution in [-0.4, -0.2) is 34.9 Å². The van der Waals surface area contributed by atoms with Crippen LogP contribution in [0, 0.1) is 12.7 Å². The highest BCUT2D eigenvalue weighted by Crippen LogP contribution is 2.35. The summed E-state index contributed by atoms with van der Waals surface area (Å²) in [6, 6.07) is 10.4. The number of carbonyl (C=O) groups excluding carboxylic acids is 1.